The molecule has 11 heteroatoms. The van der Waals surface area contributed by atoms with E-state index in [1.54, 1.807) is 11.3 Å². The van der Waals surface area contributed by atoms with E-state index in [4.69, 9.17) is 9.72 Å². The number of nitrogens with one attached hydrogen (secondary N) is 1. The van der Waals surface area contributed by atoms with Crippen molar-refractivity contribution in [2.24, 2.45) is 5.92 Å². The van der Waals surface area contributed by atoms with Crippen LogP contribution in [-0.2, 0) is 19.4 Å². The van der Waals surface area contributed by atoms with Gasteiger partial charge in [-0.25, -0.2) is 13.4 Å². The van der Waals surface area contributed by atoms with Crippen LogP contribution in [0.4, 0.5) is 10.8 Å². The highest BCUT2D eigenvalue weighted by Gasteiger charge is 2.47. The molecule has 2 atom stereocenters. The van der Waals surface area contributed by atoms with Gasteiger partial charge in [-0.15, -0.1) is 0 Å². The lowest BCUT2D eigenvalue weighted by atomic mass is 9.76. The Morgan fingerprint density at radius 1 is 1.02 bits per heavy atom. The van der Waals surface area contributed by atoms with Gasteiger partial charge in [0.1, 0.15) is 5.54 Å². The highest BCUT2D eigenvalue weighted by atomic mass is 32.2. The van der Waals surface area contributed by atoms with Crippen LogP contribution in [0.25, 0.3) is 10.4 Å². The minimum absolute atomic E-state index is 0.0201. The third kappa shape index (κ3) is 6.57. The quantitative estimate of drug-likeness (QED) is 0.483. The second-order valence-corrected chi connectivity index (χ2v) is 17.3. The van der Waals surface area contributed by atoms with Crippen molar-refractivity contribution >= 4 is 37.9 Å². The second kappa shape index (κ2) is 11.0. The first-order valence-electron chi connectivity index (χ1n) is 15.5. The zero-order valence-corrected chi connectivity index (χ0v) is 27.3. The molecule has 1 aromatic carbocycles. The van der Waals surface area contributed by atoms with Gasteiger partial charge >= 0.3 is 0 Å². The molecule has 4 aliphatic rings. The molecule has 1 amide bonds. The van der Waals surface area contributed by atoms with E-state index in [1.165, 1.54) is 0 Å². The van der Waals surface area contributed by atoms with Crippen molar-refractivity contribution in [2.45, 2.75) is 88.9 Å². The monoisotopic (exact) mass is 625 g/mol. The van der Waals surface area contributed by atoms with Gasteiger partial charge in [0.2, 0.25) is 5.91 Å². The summed E-state index contributed by atoms with van der Waals surface area (Å²) in [6, 6.07) is 10.7. The van der Waals surface area contributed by atoms with Crippen LogP contribution in [0.1, 0.15) is 77.8 Å². The molecule has 2 saturated carbocycles. The number of nitrogens with zero attached hydrogens (tertiary/aromatic N) is 4. The van der Waals surface area contributed by atoms with Crippen LogP contribution in [0.15, 0.2) is 24.3 Å². The number of rotatable bonds is 6. The van der Waals surface area contributed by atoms with E-state index < -0.39 is 15.4 Å². The Morgan fingerprint density at radius 2 is 1.65 bits per heavy atom. The summed E-state index contributed by atoms with van der Waals surface area (Å²) >= 11 is 1.68. The summed E-state index contributed by atoms with van der Waals surface area (Å²) in [5.74, 6) is 0.0920. The molecule has 2 saturated heterocycles. The summed E-state index contributed by atoms with van der Waals surface area (Å²) in [5, 5.41) is 13.7. The molecule has 2 aliphatic heterocycles. The normalized spacial score (nSPS) is 27.2. The highest BCUT2D eigenvalue weighted by Crippen LogP contribution is 2.47. The Balaban J connectivity index is 1.35. The number of thiazole rings is 1. The molecule has 2 aromatic rings. The molecular formula is C32H43N5O4S2. The Kier molecular flexibility index (Phi) is 7.79. The van der Waals surface area contributed by atoms with E-state index in [1.807, 2.05) is 0 Å². The third-order valence-electron chi connectivity index (χ3n) is 9.23. The number of amides is 1. The summed E-state index contributed by atoms with van der Waals surface area (Å²) in [6.45, 7) is 10.9. The van der Waals surface area contributed by atoms with Crippen LogP contribution in [-0.4, -0.2) is 73.7 Å². The molecule has 4 fully saturated rings. The first-order valence-corrected chi connectivity index (χ1v) is 18.2. The van der Waals surface area contributed by atoms with Gasteiger partial charge in [-0.2, -0.15) is 5.26 Å². The van der Waals surface area contributed by atoms with Gasteiger partial charge in [0, 0.05) is 43.7 Å². The Labute approximate surface area is 259 Å². The van der Waals surface area contributed by atoms with Gasteiger partial charge < -0.3 is 19.9 Å². The van der Waals surface area contributed by atoms with Gasteiger partial charge in [0.25, 0.3) is 0 Å². The molecule has 2 aliphatic carbocycles. The first kappa shape index (κ1) is 30.4. The van der Waals surface area contributed by atoms with E-state index in [-0.39, 0.29) is 40.5 Å². The lowest BCUT2D eigenvalue weighted by molar-refractivity contribution is -0.133. The average molecular weight is 626 g/mol. The van der Waals surface area contributed by atoms with Crippen LogP contribution in [0.2, 0.25) is 0 Å². The second-order valence-electron chi connectivity index (χ2n) is 14.1. The summed E-state index contributed by atoms with van der Waals surface area (Å²) < 4.78 is 30.3. The van der Waals surface area contributed by atoms with Crippen molar-refractivity contribution in [3.05, 3.63) is 30.0 Å². The summed E-state index contributed by atoms with van der Waals surface area (Å²) in [4.78, 5) is 24.5. The van der Waals surface area contributed by atoms with Crippen molar-refractivity contribution in [2.75, 3.05) is 47.5 Å². The third-order valence-corrected chi connectivity index (χ3v) is 12.0. The van der Waals surface area contributed by atoms with Crippen LogP contribution in [0.3, 0.4) is 0 Å². The van der Waals surface area contributed by atoms with Gasteiger partial charge in [0.15, 0.2) is 15.0 Å². The summed E-state index contributed by atoms with van der Waals surface area (Å²) in [7, 11) is -2.95. The largest absolute Gasteiger partial charge is 0.369 e. The van der Waals surface area contributed by atoms with Gasteiger partial charge in [-0.1, -0.05) is 36.3 Å². The molecule has 1 aromatic heterocycles. The van der Waals surface area contributed by atoms with E-state index in [2.05, 4.69) is 73.1 Å². The van der Waals surface area contributed by atoms with Crippen LogP contribution < -0.4 is 15.1 Å². The van der Waals surface area contributed by atoms with E-state index in [0.717, 1.165) is 78.6 Å². The average Bonchev–Trinajstić information content (AvgIpc) is 3.57. The fraction of sp³-hybridized carbons (Fsp3) is 0.656. The van der Waals surface area contributed by atoms with Crippen LogP contribution >= 0.6 is 11.3 Å². The zero-order valence-electron chi connectivity index (χ0n) is 25.7. The minimum atomic E-state index is -2.95. The predicted molar refractivity (Wildman–Crippen MR) is 170 cm³/mol. The van der Waals surface area contributed by atoms with Gasteiger partial charge in [0.05, 0.1) is 39.3 Å². The zero-order chi connectivity index (χ0) is 30.6. The topological polar surface area (TPSA) is 116 Å². The number of anilines is 2. The Morgan fingerprint density at radius 3 is 2.26 bits per heavy atom. The van der Waals surface area contributed by atoms with E-state index in [0.29, 0.717) is 13.1 Å². The predicted octanol–water partition coefficient (Wildman–Crippen LogP) is 4.88. The molecule has 6 rings (SSSR count). The molecule has 0 radical (unpaired) electrons. The number of hydrogen-bond acceptors (Lipinski definition) is 9. The highest BCUT2D eigenvalue weighted by molar-refractivity contribution is 7.91. The number of carbonyl (C=O) groups is 1. The Hall–Kier alpha value is -2.68. The van der Waals surface area contributed by atoms with Gasteiger partial charge in [-0.05, 0) is 71.1 Å². The number of sulfone groups is 1. The number of morpholine rings is 1. The number of carbonyl (C=O) groups excluding carboxylic acids is 1. The van der Waals surface area contributed by atoms with E-state index >= 15 is 0 Å². The maximum atomic E-state index is 13.6. The smallest absolute Gasteiger partial charge is 0.225 e. The maximum absolute atomic E-state index is 13.6. The van der Waals surface area contributed by atoms with Crippen molar-refractivity contribution in [1.29, 1.82) is 5.26 Å². The Bertz CT molecular complexity index is 1490. The van der Waals surface area contributed by atoms with Crippen molar-refractivity contribution in [1.82, 2.24) is 10.3 Å². The lowest BCUT2D eigenvalue weighted by Crippen LogP contribution is -2.57. The maximum Gasteiger partial charge on any atom is 0.225 e. The standard InChI is InChI=1S/C32H43N5O4S2/c1-30(2)20-37(21-31(3,4)41-30)29-34-26(24-7-5-6-8-25(24)28(38)35-32(19-33)13-14-32)27(42-29)22-9-11-23(12-10-22)36-15-17-43(39,40)18-16-36/h9-12,24-25H,5-8,13-18,20-21H2,1-4H3,(H,35,38). The number of ether oxygens (including phenoxy) is 1. The van der Waals surface area contributed by atoms with Crippen molar-refractivity contribution < 1.29 is 17.9 Å². The number of benzene rings is 1. The first-order chi connectivity index (χ1) is 20.3. The fourth-order valence-electron chi connectivity index (χ4n) is 7.12. The summed E-state index contributed by atoms with van der Waals surface area (Å²) in [5.41, 5.74) is 1.69. The van der Waals surface area contributed by atoms with Crippen LogP contribution in [0.5, 0.6) is 0 Å². The van der Waals surface area contributed by atoms with Crippen molar-refractivity contribution in [3.8, 4) is 16.5 Å². The van der Waals surface area contributed by atoms with Crippen molar-refractivity contribution in [3.63, 3.8) is 0 Å². The summed E-state index contributed by atoms with van der Waals surface area (Å²) in [6.07, 6.45) is 5.14. The van der Waals surface area contributed by atoms with Crippen LogP contribution in [0, 0.1) is 17.2 Å². The number of nitriles is 1. The fourth-order valence-corrected chi connectivity index (χ4v) is 9.46. The molecular weight excluding hydrogens is 583 g/mol. The lowest BCUT2D eigenvalue weighted by Gasteiger charge is -2.47. The number of aromatic nitrogens is 1. The molecule has 3 heterocycles. The molecule has 2 unspecified atom stereocenters. The van der Waals surface area contributed by atoms with Gasteiger partial charge in [-0.3, -0.25) is 4.79 Å². The molecule has 43 heavy (non-hydrogen) atoms. The molecule has 9 nitrogen and oxygen atoms in total. The minimum Gasteiger partial charge on any atom is -0.369 e. The molecule has 232 valence electrons. The van der Waals surface area contributed by atoms with E-state index in [9.17, 15) is 18.5 Å². The SMILES string of the molecule is CC1(C)CN(c2nc(C3CCCCC3C(=O)NC3(C#N)CC3)c(-c3ccc(N4CCS(=O)(=O)CC4)cc3)s2)CC(C)(C)O1. The molecule has 0 spiro atoms. The molecule has 1 N–H and O–H groups in total. The number of hydrogen-bond donors (Lipinski definition) is 1. The molecule has 0 bridgehead atoms.